The van der Waals surface area contributed by atoms with Crippen molar-refractivity contribution in [3.8, 4) is 0 Å². The first-order chi connectivity index (χ1) is 11.5. The Morgan fingerprint density at radius 1 is 1.12 bits per heavy atom. The van der Waals surface area contributed by atoms with Gasteiger partial charge in [-0.15, -0.1) is 0 Å². The smallest absolute Gasteiger partial charge is 0.295 e. The summed E-state index contributed by atoms with van der Waals surface area (Å²) >= 11 is 0. The highest BCUT2D eigenvalue weighted by Gasteiger charge is 2.30. The van der Waals surface area contributed by atoms with E-state index in [4.69, 9.17) is 5.14 Å². The lowest BCUT2D eigenvalue weighted by molar-refractivity contribution is -0.137. The zero-order chi connectivity index (χ0) is 18.8. The van der Waals surface area contributed by atoms with E-state index in [1.807, 2.05) is 11.8 Å². The molecule has 25 heavy (non-hydrogen) atoms. The number of primary sulfonamides is 1. The van der Waals surface area contributed by atoms with Crippen molar-refractivity contribution in [3.05, 3.63) is 65.2 Å². The van der Waals surface area contributed by atoms with Crippen LogP contribution in [-0.4, -0.2) is 20.4 Å². The molecule has 0 saturated heterocycles. The van der Waals surface area contributed by atoms with Crippen LogP contribution in [0.3, 0.4) is 0 Å². The van der Waals surface area contributed by atoms with Gasteiger partial charge in [-0.3, -0.25) is 4.90 Å². The summed E-state index contributed by atoms with van der Waals surface area (Å²) in [6.07, 6.45) is -4.37. The Morgan fingerprint density at radius 3 is 2.24 bits per heavy atom. The predicted molar refractivity (Wildman–Crippen MR) is 89.1 cm³/mol. The van der Waals surface area contributed by atoms with E-state index < -0.39 is 21.8 Å². The number of nitrogens with zero attached hydrogens (tertiary/aromatic N) is 1. The minimum absolute atomic E-state index is 0.0176. The number of hydrogen-bond donors (Lipinski definition) is 1. The molecule has 0 aliphatic heterocycles. The number of benzene rings is 2. The van der Waals surface area contributed by atoms with Gasteiger partial charge in [-0.2, -0.15) is 13.2 Å². The van der Waals surface area contributed by atoms with Crippen LogP contribution in [-0.2, 0) is 22.7 Å². The minimum atomic E-state index is -4.37. The zero-order valence-corrected chi connectivity index (χ0v) is 14.6. The van der Waals surface area contributed by atoms with Crippen LogP contribution in [0.4, 0.5) is 13.2 Å². The van der Waals surface area contributed by atoms with E-state index in [2.05, 4.69) is 0 Å². The molecule has 0 spiro atoms. The Labute approximate surface area is 145 Å². The summed E-state index contributed by atoms with van der Waals surface area (Å²) in [6, 6.07) is 11.2. The first kappa shape index (κ1) is 19.4. The SMILES string of the molecule is CC(c1ccc(S(N)(=O)=O)cc1)N(C)Cc1cccc(C(F)(F)F)c1. The van der Waals surface area contributed by atoms with E-state index in [1.165, 1.54) is 18.2 Å². The van der Waals surface area contributed by atoms with E-state index in [-0.39, 0.29) is 10.9 Å². The molecule has 4 nitrogen and oxygen atoms in total. The summed E-state index contributed by atoms with van der Waals surface area (Å²) in [5, 5.41) is 5.06. The molecule has 0 radical (unpaired) electrons. The molecule has 0 saturated carbocycles. The largest absolute Gasteiger partial charge is 0.416 e. The van der Waals surface area contributed by atoms with Gasteiger partial charge in [0.05, 0.1) is 10.5 Å². The lowest BCUT2D eigenvalue weighted by atomic mass is 10.1. The van der Waals surface area contributed by atoms with Crippen molar-refractivity contribution >= 4 is 10.0 Å². The second-order valence-corrected chi connectivity index (χ2v) is 7.46. The predicted octanol–water partition coefficient (Wildman–Crippen LogP) is 3.55. The molecule has 0 heterocycles. The molecule has 0 aromatic heterocycles. The van der Waals surface area contributed by atoms with Crippen LogP contribution in [0.2, 0.25) is 0 Å². The topological polar surface area (TPSA) is 63.4 Å². The Bertz CT molecular complexity index is 834. The van der Waals surface area contributed by atoms with Crippen LogP contribution in [0, 0.1) is 0 Å². The first-order valence-electron chi connectivity index (χ1n) is 7.47. The molecule has 2 N–H and O–H groups in total. The molecule has 0 aliphatic rings. The Kier molecular flexibility index (Phi) is 5.55. The maximum atomic E-state index is 12.8. The average Bonchev–Trinajstić information content (AvgIpc) is 2.53. The molecule has 2 aromatic carbocycles. The molecular weight excluding hydrogens is 353 g/mol. The van der Waals surface area contributed by atoms with E-state index in [0.29, 0.717) is 12.1 Å². The van der Waals surface area contributed by atoms with Gasteiger partial charge < -0.3 is 0 Å². The zero-order valence-electron chi connectivity index (χ0n) is 13.8. The van der Waals surface area contributed by atoms with Gasteiger partial charge in [0.15, 0.2) is 0 Å². The molecule has 2 aromatic rings. The average molecular weight is 372 g/mol. The molecule has 0 fully saturated rings. The van der Waals surface area contributed by atoms with Crippen molar-refractivity contribution in [1.82, 2.24) is 4.90 Å². The Balaban J connectivity index is 2.14. The second kappa shape index (κ2) is 7.15. The van der Waals surface area contributed by atoms with E-state index in [9.17, 15) is 21.6 Å². The fourth-order valence-electron chi connectivity index (χ4n) is 2.46. The number of rotatable bonds is 5. The van der Waals surface area contributed by atoms with Crippen molar-refractivity contribution in [2.24, 2.45) is 5.14 Å². The third-order valence-electron chi connectivity index (χ3n) is 4.04. The van der Waals surface area contributed by atoms with Gasteiger partial charge in [0, 0.05) is 12.6 Å². The van der Waals surface area contributed by atoms with Crippen LogP contribution >= 0.6 is 0 Å². The Hall–Kier alpha value is -1.90. The molecule has 8 heteroatoms. The van der Waals surface area contributed by atoms with Gasteiger partial charge in [-0.05, 0) is 43.3 Å². The summed E-state index contributed by atoms with van der Waals surface area (Å²) in [5.41, 5.74) is 0.704. The summed E-state index contributed by atoms with van der Waals surface area (Å²) in [7, 11) is -1.96. The van der Waals surface area contributed by atoms with Crippen LogP contribution in [0.25, 0.3) is 0 Å². The first-order valence-corrected chi connectivity index (χ1v) is 9.02. The van der Waals surface area contributed by atoms with Crippen molar-refractivity contribution in [2.45, 2.75) is 30.6 Å². The number of nitrogens with two attached hydrogens (primary N) is 1. The van der Waals surface area contributed by atoms with Crippen molar-refractivity contribution in [1.29, 1.82) is 0 Å². The van der Waals surface area contributed by atoms with Gasteiger partial charge in [0.2, 0.25) is 10.0 Å². The lowest BCUT2D eigenvalue weighted by Crippen LogP contribution is -2.22. The molecule has 0 aliphatic carbocycles. The molecule has 0 bridgehead atoms. The van der Waals surface area contributed by atoms with Crippen LogP contribution in [0.5, 0.6) is 0 Å². The van der Waals surface area contributed by atoms with Gasteiger partial charge >= 0.3 is 6.18 Å². The fourth-order valence-corrected chi connectivity index (χ4v) is 2.98. The van der Waals surface area contributed by atoms with Gasteiger partial charge in [-0.25, -0.2) is 13.6 Å². The molecule has 2 rings (SSSR count). The quantitative estimate of drug-likeness (QED) is 0.873. The fraction of sp³-hybridized carbons (Fsp3) is 0.294. The highest BCUT2D eigenvalue weighted by molar-refractivity contribution is 7.89. The third-order valence-corrected chi connectivity index (χ3v) is 4.97. The van der Waals surface area contributed by atoms with Crippen molar-refractivity contribution in [2.75, 3.05) is 7.05 Å². The maximum absolute atomic E-state index is 12.8. The summed E-state index contributed by atoms with van der Waals surface area (Å²) in [4.78, 5) is 1.89. The van der Waals surface area contributed by atoms with Gasteiger partial charge in [0.25, 0.3) is 0 Å². The number of hydrogen-bond acceptors (Lipinski definition) is 3. The van der Waals surface area contributed by atoms with E-state index >= 15 is 0 Å². The highest BCUT2D eigenvalue weighted by Crippen LogP contribution is 2.30. The summed E-state index contributed by atoms with van der Waals surface area (Å²) < 4.78 is 60.9. The maximum Gasteiger partial charge on any atom is 0.416 e. The van der Waals surface area contributed by atoms with Crippen molar-refractivity contribution in [3.63, 3.8) is 0 Å². The molecule has 1 unspecified atom stereocenters. The monoisotopic (exact) mass is 372 g/mol. The second-order valence-electron chi connectivity index (χ2n) is 5.90. The number of halogens is 3. The highest BCUT2D eigenvalue weighted by atomic mass is 32.2. The molecular formula is C17H19F3N2O2S. The van der Waals surface area contributed by atoms with E-state index in [0.717, 1.165) is 17.7 Å². The van der Waals surface area contributed by atoms with Crippen molar-refractivity contribution < 1.29 is 21.6 Å². The van der Waals surface area contributed by atoms with Crippen LogP contribution < -0.4 is 5.14 Å². The molecule has 1 atom stereocenters. The summed E-state index contributed by atoms with van der Waals surface area (Å²) in [6.45, 7) is 2.21. The normalized spacial score (nSPS) is 13.9. The third kappa shape index (κ3) is 5.04. The van der Waals surface area contributed by atoms with Crippen LogP contribution in [0.15, 0.2) is 53.4 Å². The number of sulfonamides is 1. The van der Waals surface area contributed by atoms with Gasteiger partial charge in [0.1, 0.15) is 0 Å². The standard InChI is InChI=1S/C17H19F3N2O2S/c1-12(14-6-8-16(9-7-14)25(21,23)24)22(2)11-13-4-3-5-15(10-13)17(18,19)20/h3-10,12H,11H2,1-2H3,(H2,21,23,24). The van der Waals surface area contributed by atoms with E-state index in [1.54, 1.807) is 25.2 Å². The summed E-state index contributed by atoms with van der Waals surface area (Å²) in [5.74, 6) is 0. The lowest BCUT2D eigenvalue weighted by Gasteiger charge is -2.25. The number of alkyl halides is 3. The van der Waals surface area contributed by atoms with Crippen LogP contribution in [0.1, 0.15) is 29.7 Å². The molecule has 136 valence electrons. The van der Waals surface area contributed by atoms with Gasteiger partial charge in [-0.1, -0.05) is 30.3 Å². The Morgan fingerprint density at radius 2 is 1.72 bits per heavy atom. The minimum Gasteiger partial charge on any atom is -0.295 e. The molecule has 0 amide bonds.